The molecule has 0 fully saturated rings. The van der Waals surface area contributed by atoms with Crippen LogP contribution in [0.4, 0.5) is 17.1 Å². The van der Waals surface area contributed by atoms with E-state index in [2.05, 4.69) is 204 Å². The predicted octanol–water partition coefficient (Wildman–Crippen LogP) is 12.8. The molecule has 0 saturated heterocycles. The van der Waals surface area contributed by atoms with E-state index >= 15 is 0 Å². The van der Waals surface area contributed by atoms with Gasteiger partial charge in [0.25, 0.3) is 0 Å². The molecule has 0 atom stereocenters. The van der Waals surface area contributed by atoms with Crippen molar-refractivity contribution in [3.05, 3.63) is 191 Å². The molecule has 0 N–H and O–H groups in total. The van der Waals surface area contributed by atoms with Gasteiger partial charge in [0.1, 0.15) is 11.5 Å². The number of fused-ring (bicyclic) bond motifs is 6. The van der Waals surface area contributed by atoms with Gasteiger partial charge in [-0.2, -0.15) is 0 Å². The van der Waals surface area contributed by atoms with Gasteiger partial charge in [-0.05, 0) is 123 Å². The van der Waals surface area contributed by atoms with Gasteiger partial charge in [-0.15, -0.1) is 0 Å². The molecule has 57 heavy (non-hydrogen) atoms. The van der Waals surface area contributed by atoms with Crippen LogP contribution in [0.2, 0.25) is 0 Å². The zero-order valence-corrected chi connectivity index (χ0v) is 33.4. The van der Waals surface area contributed by atoms with Crippen molar-refractivity contribution in [2.75, 3.05) is 4.90 Å². The summed E-state index contributed by atoms with van der Waals surface area (Å²) in [5, 5.41) is 7.45. The monoisotopic (exact) mass is 733 g/mol. The Morgan fingerprint density at radius 2 is 0.912 bits per heavy atom. The van der Waals surface area contributed by atoms with E-state index in [4.69, 9.17) is 4.74 Å². The Hall–Kier alpha value is -6.58. The molecule has 3 heteroatoms. The topological polar surface area (TPSA) is 12.5 Å². The fourth-order valence-electron chi connectivity index (χ4n) is 10.0. The molecular formula is C54H44BNO. The van der Waals surface area contributed by atoms with Gasteiger partial charge in [0, 0.05) is 34.1 Å². The minimum atomic E-state index is 0.0545. The third-order valence-electron chi connectivity index (χ3n) is 12.1. The quantitative estimate of drug-likeness (QED) is 0.125. The van der Waals surface area contributed by atoms with E-state index in [1.54, 1.807) is 0 Å². The zero-order valence-electron chi connectivity index (χ0n) is 33.4. The van der Waals surface area contributed by atoms with Gasteiger partial charge in [0.2, 0.25) is 6.71 Å². The Kier molecular flexibility index (Phi) is 8.30. The van der Waals surface area contributed by atoms with Crippen molar-refractivity contribution in [1.82, 2.24) is 0 Å². The Morgan fingerprint density at radius 3 is 1.51 bits per heavy atom. The first-order valence-electron chi connectivity index (χ1n) is 20.0. The molecule has 9 aromatic rings. The molecule has 0 bridgehead atoms. The van der Waals surface area contributed by atoms with Gasteiger partial charge in [-0.1, -0.05) is 153 Å². The second-order valence-electron chi connectivity index (χ2n) is 16.1. The van der Waals surface area contributed by atoms with Gasteiger partial charge >= 0.3 is 0 Å². The molecule has 0 radical (unpaired) electrons. The van der Waals surface area contributed by atoms with Crippen LogP contribution in [0.25, 0.3) is 43.4 Å². The fraction of sp³-hybridized carbons (Fsp3) is 0.111. The molecule has 0 spiro atoms. The summed E-state index contributed by atoms with van der Waals surface area (Å²) < 4.78 is 6.92. The Labute approximate surface area is 336 Å². The first-order chi connectivity index (χ1) is 27.7. The van der Waals surface area contributed by atoms with E-state index in [0.717, 1.165) is 39.5 Å². The first-order valence-corrected chi connectivity index (χ1v) is 20.0. The molecule has 10 rings (SSSR count). The zero-order chi connectivity index (χ0) is 38.9. The lowest BCUT2D eigenvalue weighted by atomic mass is 9.33. The number of hydrogen-bond donors (Lipinski definition) is 0. The molecular weight excluding hydrogens is 689 g/mol. The molecule has 0 amide bonds. The summed E-state index contributed by atoms with van der Waals surface area (Å²) in [5.41, 5.74) is 17.6. The lowest BCUT2D eigenvalue weighted by molar-refractivity contribution is 0.487. The van der Waals surface area contributed by atoms with Gasteiger partial charge in [-0.25, -0.2) is 0 Å². The average molecular weight is 734 g/mol. The number of aryl methyl sites for hydroxylation is 6. The molecule has 0 saturated carbocycles. The smallest absolute Gasteiger partial charge is 0.243 e. The summed E-state index contributed by atoms with van der Waals surface area (Å²) in [6, 6.07) is 57.8. The van der Waals surface area contributed by atoms with Crippen molar-refractivity contribution in [3.63, 3.8) is 0 Å². The van der Waals surface area contributed by atoms with Gasteiger partial charge in [-0.3, -0.25) is 0 Å². The molecule has 0 unspecified atom stereocenters. The van der Waals surface area contributed by atoms with Crippen LogP contribution in [-0.4, -0.2) is 6.71 Å². The van der Waals surface area contributed by atoms with Crippen LogP contribution >= 0.6 is 0 Å². The Bertz CT molecular complexity index is 2910. The Morgan fingerprint density at radius 1 is 0.386 bits per heavy atom. The Balaban J connectivity index is 1.23. The van der Waals surface area contributed by atoms with E-state index < -0.39 is 0 Å². The molecule has 274 valence electrons. The summed E-state index contributed by atoms with van der Waals surface area (Å²) in [6.45, 7) is 13.7. The summed E-state index contributed by atoms with van der Waals surface area (Å²) in [6.07, 6.45) is 0. The molecule has 1 heterocycles. The summed E-state index contributed by atoms with van der Waals surface area (Å²) >= 11 is 0. The summed E-state index contributed by atoms with van der Waals surface area (Å²) in [4.78, 5) is 2.29. The maximum Gasteiger partial charge on any atom is 0.243 e. The second-order valence-corrected chi connectivity index (χ2v) is 16.1. The lowest BCUT2D eigenvalue weighted by Crippen LogP contribution is -2.56. The number of ether oxygens (including phenoxy) is 1. The largest absolute Gasteiger partial charge is 0.456 e. The molecule has 9 aromatic carbocycles. The standard InChI is InChI=1S/C54H44BNO/c1-33-26-35(3)53(36(4)27-33)55(54-37(5)28-34(2)29-38(54)6)49-32-47-45-22-15-23-50-52(45)48(31-46(47)42-20-13-14-21-43(42)49)44-25-24-41(30-51(44)57-50)56(39-16-9-7-10-17-39)40-18-11-8-12-19-40/h7-32H,1-6H3. The normalized spacial score (nSPS) is 11.8. The highest BCUT2D eigenvalue weighted by Gasteiger charge is 2.32. The highest BCUT2D eigenvalue weighted by molar-refractivity contribution is 6.98. The third kappa shape index (κ3) is 5.72. The molecule has 0 aliphatic carbocycles. The van der Waals surface area contributed by atoms with Gasteiger partial charge in [0.15, 0.2) is 0 Å². The van der Waals surface area contributed by atoms with Crippen LogP contribution in [0.1, 0.15) is 33.4 Å². The van der Waals surface area contributed by atoms with E-state index in [1.165, 1.54) is 82.3 Å². The van der Waals surface area contributed by atoms with Crippen molar-refractivity contribution < 1.29 is 4.74 Å². The summed E-state index contributed by atoms with van der Waals surface area (Å²) in [7, 11) is 0. The lowest BCUT2D eigenvalue weighted by Gasteiger charge is -2.29. The molecule has 2 nitrogen and oxygen atoms in total. The van der Waals surface area contributed by atoms with E-state index in [-0.39, 0.29) is 6.71 Å². The number of benzene rings is 9. The second kappa shape index (κ2) is 13.6. The van der Waals surface area contributed by atoms with Gasteiger partial charge < -0.3 is 9.64 Å². The van der Waals surface area contributed by atoms with Crippen molar-refractivity contribution in [2.45, 2.75) is 41.5 Å². The average Bonchev–Trinajstić information content (AvgIpc) is 3.20. The maximum absolute atomic E-state index is 6.92. The van der Waals surface area contributed by atoms with Crippen LogP contribution < -0.4 is 26.0 Å². The summed E-state index contributed by atoms with van der Waals surface area (Å²) in [5.74, 6) is 1.75. The van der Waals surface area contributed by atoms with E-state index in [1.807, 2.05) is 0 Å². The van der Waals surface area contributed by atoms with Crippen LogP contribution in [-0.2, 0) is 0 Å². The third-order valence-corrected chi connectivity index (χ3v) is 12.1. The van der Waals surface area contributed by atoms with E-state index in [0.29, 0.717) is 0 Å². The minimum Gasteiger partial charge on any atom is -0.456 e. The number of para-hydroxylation sites is 2. The predicted molar refractivity (Wildman–Crippen MR) is 245 cm³/mol. The molecule has 0 aromatic heterocycles. The van der Waals surface area contributed by atoms with Crippen molar-refractivity contribution >= 4 is 72.5 Å². The minimum absolute atomic E-state index is 0.0545. The maximum atomic E-state index is 6.92. The van der Waals surface area contributed by atoms with E-state index in [9.17, 15) is 0 Å². The van der Waals surface area contributed by atoms with Crippen LogP contribution in [0.15, 0.2) is 158 Å². The number of hydrogen-bond acceptors (Lipinski definition) is 2. The van der Waals surface area contributed by atoms with Crippen LogP contribution in [0, 0.1) is 41.5 Å². The number of nitrogens with zero attached hydrogens (tertiary/aromatic N) is 1. The fourth-order valence-corrected chi connectivity index (χ4v) is 10.0. The molecule has 1 aliphatic heterocycles. The number of rotatable bonds is 6. The molecule has 1 aliphatic rings. The number of anilines is 3. The van der Waals surface area contributed by atoms with Crippen molar-refractivity contribution in [1.29, 1.82) is 0 Å². The SMILES string of the molecule is Cc1cc(C)c(B(c2c(C)cc(C)cc2C)c2cc3c4cccc5c4c(cc3c3ccccc23)-c2ccc(N(c3ccccc3)c3ccccc3)cc2O5)c(C)c1. The van der Waals surface area contributed by atoms with Gasteiger partial charge in [0.05, 0.1) is 0 Å². The van der Waals surface area contributed by atoms with Crippen LogP contribution in [0.5, 0.6) is 11.5 Å². The van der Waals surface area contributed by atoms with Crippen LogP contribution in [0.3, 0.4) is 0 Å². The highest BCUT2D eigenvalue weighted by atomic mass is 16.5. The highest BCUT2D eigenvalue weighted by Crippen LogP contribution is 2.51. The van der Waals surface area contributed by atoms with Crippen molar-refractivity contribution in [2.24, 2.45) is 0 Å². The van der Waals surface area contributed by atoms with Crippen molar-refractivity contribution in [3.8, 4) is 22.6 Å². The first kappa shape index (κ1) is 34.9.